The number of nitrogens with two attached hydrogens (primary N) is 1. The van der Waals surface area contributed by atoms with Crippen LogP contribution in [0.15, 0.2) is 30.3 Å². The van der Waals surface area contributed by atoms with Crippen molar-refractivity contribution in [3.05, 3.63) is 30.3 Å². The molecular formula is C14H18N4O. The zero-order valence-corrected chi connectivity index (χ0v) is 11.0. The van der Waals surface area contributed by atoms with Gasteiger partial charge in [0.2, 0.25) is 11.9 Å². The van der Waals surface area contributed by atoms with E-state index in [1.165, 1.54) is 4.68 Å². The van der Waals surface area contributed by atoms with Gasteiger partial charge in [-0.05, 0) is 6.42 Å². The van der Waals surface area contributed by atoms with Crippen molar-refractivity contribution in [2.45, 2.75) is 32.6 Å². The van der Waals surface area contributed by atoms with Crippen molar-refractivity contribution in [1.29, 1.82) is 0 Å². The fourth-order valence-corrected chi connectivity index (χ4v) is 1.85. The van der Waals surface area contributed by atoms with E-state index in [4.69, 9.17) is 5.73 Å². The van der Waals surface area contributed by atoms with Gasteiger partial charge in [-0.2, -0.15) is 9.67 Å². The maximum absolute atomic E-state index is 12.0. The molecular weight excluding hydrogens is 240 g/mol. The van der Waals surface area contributed by atoms with Crippen LogP contribution in [-0.4, -0.2) is 20.7 Å². The van der Waals surface area contributed by atoms with Gasteiger partial charge < -0.3 is 5.73 Å². The summed E-state index contributed by atoms with van der Waals surface area (Å²) in [6.45, 7) is 2.10. The van der Waals surface area contributed by atoms with Crippen LogP contribution in [0.5, 0.6) is 0 Å². The molecule has 2 rings (SSSR count). The number of nitrogens with zero attached hydrogens (tertiary/aromatic N) is 3. The van der Waals surface area contributed by atoms with Crippen LogP contribution in [0.4, 0.5) is 5.95 Å². The van der Waals surface area contributed by atoms with Gasteiger partial charge in [-0.25, -0.2) is 0 Å². The summed E-state index contributed by atoms with van der Waals surface area (Å²) in [4.78, 5) is 16.1. The molecule has 1 aromatic heterocycles. The molecule has 1 aromatic carbocycles. The second-order valence-corrected chi connectivity index (χ2v) is 4.42. The highest BCUT2D eigenvalue weighted by Crippen LogP contribution is 2.16. The molecule has 0 saturated carbocycles. The average molecular weight is 258 g/mol. The van der Waals surface area contributed by atoms with Gasteiger partial charge in [-0.15, -0.1) is 5.10 Å². The Balaban J connectivity index is 2.15. The summed E-state index contributed by atoms with van der Waals surface area (Å²) in [7, 11) is 0. The highest BCUT2D eigenvalue weighted by Gasteiger charge is 2.14. The van der Waals surface area contributed by atoms with Gasteiger partial charge in [0.1, 0.15) is 0 Å². The Morgan fingerprint density at radius 3 is 2.68 bits per heavy atom. The SMILES string of the molecule is CCCCCC(=O)n1nc(-c2ccccc2)nc1N. The van der Waals surface area contributed by atoms with Crippen LogP contribution in [0.2, 0.25) is 0 Å². The molecule has 100 valence electrons. The lowest BCUT2D eigenvalue weighted by Gasteiger charge is -2.00. The first-order valence-electron chi connectivity index (χ1n) is 6.53. The summed E-state index contributed by atoms with van der Waals surface area (Å²) in [5.41, 5.74) is 6.61. The second-order valence-electron chi connectivity index (χ2n) is 4.42. The highest BCUT2D eigenvalue weighted by atomic mass is 16.2. The minimum atomic E-state index is -0.0966. The lowest BCUT2D eigenvalue weighted by Crippen LogP contribution is -2.15. The van der Waals surface area contributed by atoms with Gasteiger partial charge in [0.25, 0.3) is 0 Å². The van der Waals surface area contributed by atoms with E-state index in [2.05, 4.69) is 17.0 Å². The van der Waals surface area contributed by atoms with Gasteiger partial charge in [0.15, 0.2) is 5.82 Å². The highest BCUT2D eigenvalue weighted by molar-refractivity contribution is 5.80. The first-order valence-corrected chi connectivity index (χ1v) is 6.53. The number of aromatic nitrogens is 3. The maximum Gasteiger partial charge on any atom is 0.250 e. The maximum atomic E-state index is 12.0. The Morgan fingerprint density at radius 2 is 2.00 bits per heavy atom. The summed E-state index contributed by atoms with van der Waals surface area (Å²) in [6, 6.07) is 9.49. The van der Waals surface area contributed by atoms with E-state index in [0.717, 1.165) is 24.8 Å². The molecule has 19 heavy (non-hydrogen) atoms. The molecule has 0 saturated heterocycles. The summed E-state index contributed by atoms with van der Waals surface area (Å²) < 4.78 is 1.21. The van der Waals surface area contributed by atoms with E-state index in [1.54, 1.807) is 0 Å². The summed E-state index contributed by atoms with van der Waals surface area (Å²) >= 11 is 0. The van der Waals surface area contributed by atoms with Crippen molar-refractivity contribution in [2.24, 2.45) is 0 Å². The molecule has 0 aliphatic rings. The van der Waals surface area contributed by atoms with Crippen molar-refractivity contribution in [1.82, 2.24) is 14.8 Å². The van der Waals surface area contributed by atoms with E-state index < -0.39 is 0 Å². The molecule has 0 bridgehead atoms. The van der Waals surface area contributed by atoms with Crippen LogP contribution in [-0.2, 0) is 0 Å². The topological polar surface area (TPSA) is 73.8 Å². The Labute approximate surface area is 112 Å². The Bertz CT molecular complexity index is 548. The first kappa shape index (κ1) is 13.3. The number of carbonyl (C=O) groups excluding carboxylic acids is 1. The van der Waals surface area contributed by atoms with Crippen LogP contribution >= 0.6 is 0 Å². The average Bonchev–Trinajstić information content (AvgIpc) is 2.82. The molecule has 0 unspecified atom stereocenters. The number of hydrogen-bond donors (Lipinski definition) is 1. The number of benzene rings is 1. The Hall–Kier alpha value is -2.17. The third-order valence-corrected chi connectivity index (χ3v) is 2.89. The fraction of sp³-hybridized carbons (Fsp3) is 0.357. The van der Waals surface area contributed by atoms with E-state index in [1.807, 2.05) is 30.3 Å². The van der Waals surface area contributed by atoms with Crippen molar-refractivity contribution < 1.29 is 4.79 Å². The zero-order chi connectivity index (χ0) is 13.7. The normalized spacial score (nSPS) is 10.6. The molecule has 2 aromatic rings. The monoisotopic (exact) mass is 258 g/mol. The number of carbonyl (C=O) groups is 1. The smallest absolute Gasteiger partial charge is 0.250 e. The largest absolute Gasteiger partial charge is 0.368 e. The minimum Gasteiger partial charge on any atom is -0.368 e. The molecule has 0 aliphatic heterocycles. The fourth-order valence-electron chi connectivity index (χ4n) is 1.85. The van der Waals surface area contributed by atoms with Gasteiger partial charge in [-0.1, -0.05) is 50.1 Å². The number of rotatable bonds is 5. The van der Waals surface area contributed by atoms with Crippen LogP contribution in [0.25, 0.3) is 11.4 Å². The molecule has 0 atom stereocenters. The van der Waals surface area contributed by atoms with Crippen molar-refractivity contribution in [3.8, 4) is 11.4 Å². The standard InChI is InChI=1S/C14H18N4O/c1-2-3-5-10-12(19)18-14(15)16-13(17-18)11-8-6-4-7-9-11/h4,6-9H,2-3,5,10H2,1H3,(H2,15,16,17). The molecule has 0 spiro atoms. The summed E-state index contributed by atoms with van der Waals surface area (Å²) in [5, 5.41) is 4.19. The Morgan fingerprint density at radius 1 is 1.26 bits per heavy atom. The van der Waals surface area contributed by atoms with Crippen molar-refractivity contribution in [3.63, 3.8) is 0 Å². The van der Waals surface area contributed by atoms with Gasteiger partial charge in [0.05, 0.1) is 0 Å². The predicted octanol–water partition coefficient (Wildman–Crippen LogP) is 2.75. The lowest BCUT2D eigenvalue weighted by molar-refractivity contribution is 0.0886. The number of hydrogen-bond acceptors (Lipinski definition) is 4. The van der Waals surface area contributed by atoms with Gasteiger partial charge in [-0.3, -0.25) is 4.79 Å². The summed E-state index contributed by atoms with van der Waals surface area (Å²) in [5.74, 6) is 0.544. The van der Waals surface area contributed by atoms with E-state index in [9.17, 15) is 4.79 Å². The van der Waals surface area contributed by atoms with E-state index in [0.29, 0.717) is 12.2 Å². The minimum absolute atomic E-state index is 0.0966. The number of unbranched alkanes of at least 4 members (excludes halogenated alkanes) is 2. The van der Waals surface area contributed by atoms with Crippen LogP contribution in [0.3, 0.4) is 0 Å². The molecule has 0 aliphatic carbocycles. The summed E-state index contributed by atoms with van der Waals surface area (Å²) in [6.07, 6.45) is 3.42. The third kappa shape index (κ3) is 3.19. The molecule has 1 heterocycles. The first-order chi connectivity index (χ1) is 9.22. The number of nitrogen functional groups attached to an aromatic ring is 1. The predicted molar refractivity (Wildman–Crippen MR) is 74.6 cm³/mol. The zero-order valence-electron chi connectivity index (χ0n) is 11.0. The number of anilines is 1. The van der Waals surface area contributed by atoms with Crippen molar-refractivity contribution >= 4 is 11.9 Å². The van der Waals surface area contributed by atoms with Crippen LogP contribution < -0.4 is 5.73 Å². The van der Waals surface area contributed by atoms with Gasteiger partial charge in [0, 0.05) is 12.0 Å². The molecule has 5 nitrogen and oxygen atoms in total. The van der Waals surface area contributed by atoms with Gasteiger partial charge >= 0.3 is 0 Å². The van der Waals surface area contributed by atoms with E-state index >= 15 is 0 Å². The second kappa shape index (κ2) is 6.13. The van der Waals surface area contributed by atoms with E-state index in [-0.39, 0.29) is 11.9 Å². The Kier molecular flexibility index (Phi) is 4.28. The lowest BCUT2D eigenvalue weighted by atomic mass is 10.2. The molecule has 2 N–H and O–H groups in total. The third-order valence-electron chi connectivity index (χ3n) is 2.89. The quantitative estimate of drug-likeness (QED) is 0.837. The molecule has 0 amide bonds. The molecule has 5 heteroatoms. The molecule has 0 radical (unpaired) electrons. The van der Waals surface area contributed by atoms with Crippen LogP contribution in [0, 0.1) is 0 Å². The van der Waals surface area contributed by atoms with Crippen molar-refractivity contribution in [2.75, 3.05) is 5.73 Å². The molecule has 0 fully saturated rings. The van der Waals surface area contributed by atoms with Crippen LogP contribution in [0.1, 0.15) is 37.4 Å².